The molecule has 0 unspecified atom stereocenters. The topological polar surface area (TPSA) is 42.8 Å². The Labute approximate surface area is 94.6 Å². The van der Waals surface area contributed by atoms with Gasteiger partial charge in [-0.05, 0) is 25.1 Å². The van der Waals surface area contributed by atoms with Crippen molar-refractivity contribution in [2.75, 3.05) is 7.11 Å². The zero-order valence-electron chi connectivity index (χ0n) is 9.03. The van der Waals surface area contributed by atoms with E-state index in [9.17, 15) is 0 Å². The molecule has 0 aliphatic heterocycles. The van der Waals surface area contributed by atoms with Gasteiger partial charge in [0, 0.05) is 13.2 Å². The fourth-order valence-electron chi connectivity index (χ4n) is 2.28. The molecule has 1 saturated carbocycles. The molecule has 5 heteroatoms. The fraction of sp³-hybridized carbons (Fsp3) is 0.800. The van der Waals surface area contributed by atoms with Crippen molar-refractivity contribution in [3.63, 3.8) is 0 Å². The van der Waals surface area contributed by atoms with Gasteiger partial charge in [-0.3, -0.25) is 9.67 Å². The molecule has 0 spiro atoms. The van der Waals surface area contributed by atoms with Gasteiger partial charge in [0.05, 0.1) is 0 Å². The van der Waals surface area contributed by atoms with E-state index >= 15 is 0 Å². The third-order valence-corrected chi connectivity index (χ3v) is 3.28. The number of aromatic amines is 1. The molecule has 1 aliphatic rings. The van der Waals surface area contributed by atoms with E-state index < -0.39 is 0 Å². The van der Waals surface area contributed by atoms with Gasteiger partial charge in [-0.1, -0.05) is 19.3 Å². The lowest BCUT2D eigenvalue weighted by Gasteiger charge is -2.23. The predicted octanol–water partition coefficient (Wildman–Crippen LogP) is 2.59. The Kier molecular flexibility index (Phi) is 3.53. The maximum absolute atomic E-state index is 5.26. The largest absolute Gasteiger partial charge is 0.377 e. The second-order valence-electron chi connectivity index (χ2n) is 4.04. The van der Waals surface area contributed by atoms with Crippen LogP contribution in [-0.4, -0.2) is 21.9 Å². The average molecular weight is 227 g/mol. The smallest absolute Gasteiger partial charge is 0.195 e. The van der Waals surface area contributed by atoms with E-state index in [1.165, 1.54) is 32.1 Å². The number of H-pyrrole nitrogens is 1. The number of nitrogens with one attached hydrogen (secondary N) is 1. The van der Waals surface area contributed by atoms with Crippen LogP contribution in [0.25, 0.3) is 0 Å². The minimum absolute atomic E-state index is 0.523. The molecule has 1 heterocycles. The zero-order chi connectivity index (χ0) is 10.7. The van der Waals surface area contributed by atoms with Crippen LogP contribution in [0.15, 0.2) is 0 Å². The average Bonchev–Trinajstić information content (AvgIpc) is 2.62. The Hall–Kier alpha value is -0.680. The minimum atomic E-state index is 0.523. The molecule has 0 bridgehead atoms. The molecule has 0 radical (unpaired) electrons. The van der Waals surface area contributed by atoms with Gasteiger partial charge in [0.1, 0.15) is 6.61 Å². The van der Waals surface area contributed by atoms with Crippen molar-refractivity contribution < 1.29 is 4.74 Å². The summed E-state index contributed by atoms with van der Waals surface area (Å²) in [5.41, 5.74) is 0. The Morgan fingerprint density at radius 3 is 2.87 bits per heavy atom. The molecule has 1 aromatic rings. The molecule has 15 heavy (non-hydrogen) atoms. The first-order chi connectivity index (χ1) is 7.33. The first-order valence-corrected chi connectivity index (χ1v) is 5.88. The summed E-state index contributed by atoms with van der Waals surface area (Å²) in [6, 6.07) is 0.523. The highest BCUT2D eigenvalue weighted by atomic mass is 32.1. The lowest BCUT2D eigenvalue weighted by Crippen LogP contribution is -2.16. The summed E-state index contributed by atoms with van der Waals surface area (Å²) in [7, 11) is 1.68. The molecule has 2 rings (SSSR count). The molecular formula is C10H17N3OS. The highest BCUT2D eigenvalue weighted by Gasteiger charge is 2.19. The van der Waals surface area contributed by atoms with Gasteiger partial charge < -0.3 is 4.74 Å². The summed E-state index contributed by atoms with van der Waals surface area (Å²) in [4.78, 5) is 0. The maximum Gasteiger partial charge on any atom is 0.195 e. The molecule has 4 nitrogen and oxygen atoms in total. The van der Waals surface area contributed by atoms with Crippen molar-refractivity contribution in [3.8, 4) is 0 Å². The Morgan fingerprint density at radius 1 is 1.47 bits per heavy atom. The number of methoxy groups -OCH3 is 1. The van der Waals surface area contributed by atoms with E-state index in [1.54, 1.807) is 7.11 Å². The SMILES string of the molecule is COCc1n[nH]c(=S)n1C1CCCCC1. The van der Waals surface area contributed by atoms with E-state index in [2.05, 4.69) is 14.8 Å². The van der Waals surface area contributed by atoms with Gasteiger partial charge in [0.15, 0.2) is 10.6 Å². The molecule has 0 atom stereocenters. The zero-order valence-corrected chi connectivity index (χ0v) is 9.85. The van der Waals surface area contributed by atoms with Gasteiger partial charge in [0.2, 0.25) is 0 Å². The van der Waals surface area contributed by atoms with Crippen molar-refractivity contribution >= 4 is 12.2 Å². The van der Waals surface area contributed by atoms with E-state index in [0.717, 1.165) is 10.6 Å². The third-order valence-electron chi connectivity index (χ3n) is 2.99. The van der Waals surface area contributed by atoms with E-state index in [1.807, 2.05) is 0 Å². The summed E-state index contributed by atoms with van der Waals surface area (Å²) in [6.45, 7) is 0.531. The molecule has 1 aliphatic carbocycles. The quantitative estimate of drug-likeness (QED) is 0.807. The van der Waals surface area contributed by atoms with Crippen molar-refractivity contribution in [3.05, 3.63) is 10.6 Å². The summed E-state index contributed by atoms with van der Waals surface area (Å²) < 4.78 is 7.99. The van der Waals surface area contributed by atoms with Crippen LogP contribution in [0, 0.1) is 4.77 Å². The summed E-state index contributed by atoms with van der Waals surface area (Å²) in [5, 5.41) is 7.06. The Bertz CT molecular complexity index is 365. The van der Waals surface area contributed by atoms with Crippen molar-refractivity contribution in [2.45, 2.75) is 44.8 Å². The first kappa shape index (κ1) is 10.8. The maximum atomic E-state index is 5.26. The monoisotopic (exact) mass is 227 g/mol. The normalized spacial score (nSPS) is 18.2. The molecule has 0 saturated heterocycles. The minimum Gasteiger partial charge on any atom is -0.377 e. The number of nitrogens with zero attached hydrogens (tertiary/aromatic N) is 2. The van der Waals surface area contributed by atoms with Crippen molar-refractivity contribution in [1.82, 2.24) is 14.8 Å². The molecule has 0 amide bonds. The molecule has 84 valence electrons. The highest BCUT2D eigenvalue weighted by molar-refractivity contribution is 7.71. The lowest BCUT2D eigenvalue weighted by atomic mass is 9.95. The molecule has 1 aromatic heterocycles. The highest BCUT2D eigenvalue weighted by Crippen LogP contribution is 2.29. The number of rotatable bonds is 3. The molecular weight excluding hydrogens is 210 g/mol. The van der Waals surface area contributed by atoms with E-state index in [0.29, 0.717) is 12.6 Å². The fourth-order valence-corrected chi connectivity index (χ4v) is 2.58. The number of aromatic nitrogens is 3. The Morgan fingerprint density at radius 2 is 2.20 bits per heavy atom. The number of ether oxygens (including phenoxy) is 1. The molecule has 1 N–H and O–H groups in total. The van der Waals surface area contributed by atoms with Crippen LogP contribution in [0.5, 0.6) is 0 Å². The van der Waals surface area contributed by atoms with Crippen LogP contribution >= 0.6 is 12.2 Å². The van der Waals surface area contributed by atoms with Crippen LogP contribution in [0.3, 0.4) is 0 Å². The Balaban J connectivity index is 2.24. The van der Waals surface area contributed by atoms with Gasteiger partial charge in [-0.15, -0.1) is 0 Å². The summed E-state index contributed by atoms with van der Waals surface area (Å²) in [5.74, 6) is 0.925. The van der Waals surface area contributed by atoms with Gasteiger partial charge >= 0.3 is 0 Å². The van der Waals surface area contributed by atoms with Gasteiger partial charge in [0.25, 0.3) is 0 Å². The standard InChI is InChI=1S/C10H17N3OS/c1-14-7-9-11-12-10(15)13(9)8-5-3-2-4-6-8/h8H,2-7H2,1H3,(H,12,15). The number of hydrogen-bond donors (Lipinski definition) is 1. The summed E-state index contributed by atoms with van der Waals surface area (Å²) in [6.07, 6.45) is 6.37. The lowest BCUT2D eigenvalue weighted by molar-refractivity contribution is 0.169. The van der Waals surface area contributed by atoms with Crippen LogP contribution in [-0.2, 0) is 11.3 Å². The van der Waals surface area contributed by atoms with Crippen LogP contribution < -0.4 is 0 Å². The summed E-state index contributed by atoms with van der Waals surface area (Å²) >= 11 is 5.26. The van der Waals surface area contributed by atoms with Crippen molar-refractivity contribution in [2.24, 2.45) is 0 Å². The second kappa shape index (κ2) is 4.90. The third kappa shape index (κ3) is 2.29. The van der Waals surface area contributed by atoms with Crippen LogP contribution in [0.4, 0.5) is 0 Å². The molecule has 0 aromatic carbocycles. The predicted molar refractivity (Wildman–Crippen MR) is 60.2 cm³/mol. The van der Waals surface area contributed by atoms with Gasteiger partial charge in [-0.25, -0.2) is 0 Å². The number of hydrogen-bond acceptors (Lipinski definition) is 3. The first-order valence-electron chi connectivity index (χ1n) is 5.47. The van der Waals surface area contributed by atoms with Gasteiger partial charge in [-0.2, -0.15) is 5.10 Å². The second-order valence-corrected chi connectivity index (χ2v) is 4.43. The van der Waals surface area contributed by atoms with E-state index in [4.69, 9.17) is 17.0 Å². The van der Waals surface area contributed by atoms with Crippen molar-refractivity contribution in [1.29, 1.82) is 0 Å². The van der Waals surface area contributed by atoms with Crippen LogP contribution in [0.2, 0.25) is 0 Å². The van der Waals surface area contributed by atoms with E-state index in [-0.39, 0.29) is 0 Å². The molecule has 1 fully saturated rings. The van der Waals surface area contributed by atoms with Crippen LogP contribution in [0.1, 0.15) is 44.0 Å².